The number of benzene rings is 2. The highest BCUT2D eigenvalue weighted by Crippen LogP contribution is 2.15. The summed E-state index contributed by atoms with van der Waals surface area (Å²) < 4.78 is 13.1. The van der Waals surface area contributed by atoms with Crippen molar-refractivity contribution in [3.8, 4) is 0 Å². The zero-order valence-corrected chi connectivity index (χ0v) is 13.8. The van der Waals surface area contributed by atoms with Gasteiger partial charge >= 0.3 is 0 Å². The summed E-state index contributed by atoms with van der Waals surface area (Å²) >= 11 is 0. The number of aryl methyl sites for hydroxylation is 1. The second kappa shape index (κ2) is 8.24. The number of carbonyl (C=O) groups is 2. The van der Waals surface area contributed by atoms with Crippen molar-refractivity contribution in [1.82, 2.24) is 0 Å². The normalized spacial score (nSPS) is 10.5. The van der Waals surface area contributed by atoms with Crippen LogP contribution in [0.2, 0.25) is 0 Å². The number of halogens is 1. The van der Waals surface area contributed by atoms with Gasteiger partial charge in [0.25, 0.3) is 0 Å². The minimum atomic E-state index is -0.299. The molecule has 0 aromatic heterocycles. The Bertz CT molecular complexity index is 712. The van der Waals surface area contributed by atoms with Gasteiger partial charge in [-0.05, 0) is 48.4 Å². The van der Waals surface area contributed by atoms with Gasteiger partial charge in [-0.3, -0.25) is 9.59 Å². The molecule has 5 heteroatoms. The number of nitrogens with one attached hydrogen (secondary N) is 2. The van der Waals surface area contributed by atoms with Gasteiger partial charge < -0.3 is 10.6 Å². The molecule has 0 spiro atoms. The first kappa shape index (κ1) is 17.7. The number of amides is 2. The molecule has 0 aliphatic rings. The fourth-order valence-electron chi connectivity index (χ4n) is 2.10. The first-order valence-electron chi connectivity index (χ1n) is 7.89. The lowest BCUT2D eigenvalue weighted by atomic mass is 10.1. The molecule has 0 fully saturated rings. The summed E-state index contributed by atoms with van der Waals surface area (Å²) in [6.07, 6.45) is 0.751. The number of hydrogen-bond acceptors (Lipinski definition) is 2. The third-order valence-corrected chi connectivity index (χ3v) is 3.49. The van der Waals surface area contributed by atoms with Crippen molar-refractivity contribution < 1.29 is 14.0 Å². The molecule has 4 nitrogen and oxygen atoms in total. The third-order valence-electron chi connectivity index (χ3n) is 3.49. The summed E-state index contributed by atoms with van der Waals surface area (Å²) in [4.78, 5) is 23.6. The predicted molar refractivity (Wildman–Crippen MR) is 93.3 cm³/mol. The van der Waals surface area contributed by atoms with Crippen LogP contribution in [-0.4, -0.2) is 11.8 Å². The Labute approximate surface area is 141 Å². The van der Waals surface area contributed by atoms with E-state index >= 15 is 0 Å². The molecule has 0 atom stereocenters. The van der Waals surface area contributed by atoms with Crippen molar-refractivity contribution in [2.75, 3.05) is 10.6 Å². The summed E-state index contributed by atoms with van der Waals surface area (Å²) in [5, 5.41) is 5.57. The average Bonchev–Trinajstić information content (AvgIpc) is 2.55. The van der Waals surface area contributed by atoms with E-state index in [-0.39, 0.29) is 30.0 Å². The first-order valence-corrected chi connectivity index (χ1v) is 7.89. The summed E-state index contributed by atoms with van der Waals surface area (Å²) in [5.41, 5.74) is 2.13. The third kappa shape index (κ3) is 5.50. The average molecular weight is 328 g/mol. The molecule has 0 unspecified atom stereocenters. The fourth-order valence-corrected chi connectivity index (χ4v) is 2.10. The van der Waals surface area contributed by atoms with Crippen LogP contribution in [0.4, 0.5) is 15.8 Å². The van der Waals surface area contributed by atoms with Crippen molar-refractivity contribution in [2.45, 2.75) is 26.7 Å². The molecular weight excluding hydrogens is 307 g/mol. The first-order chi connectivity index (χ1) is 11.4. The summed E-state index contributed by atoms with van der Waals surface area (Å²) in [6.45, 7) is 3.64. The van der Waals surface area contributed by atoms with Gasteiger partial charge in [-0.2, -0.15) is 0 Å². The zero-order valence-electron chi connectivity index (χ0n) is 13.8. The molecule has 24 heavy (non-hydrogen) atoms. The topological polar surface area (TPSA) is 58.2 Å². The van der Waals surface area contributed by atoms with E-state index in [0.29, 0.717) is 17.8 Å². The van der Waals surface area contributed by atoms with E-state index in [2.05, 4.69) is 10.6 Å². The number of anilines is 2. The Balaban J connectivity index is 1.84. The van der Waals surface area contributed by atoms with Crippen molar-refractivity contribution in [2.24, 2.45) is 5.92 Å². The van der Waals surface area contributed by atoms with E-state index in [1.54, 1.807) is 36.4 Å². The maximum atomic E-state index is 13.1. The molecule has 2 rings (SSSR count). The molecule has 2 aromatic rings. The van der Waals surface area contributed by atoms with Crippen molar-refractivity contribution in [3.05, 3.63) is 59.9 Å². The van der Waals surface area contributed by atoms with E-state index in [1.165, 1.54) is 12.1 Å². The van der Waals surface area contributed by atoms with Crippen LogP contribution in [0, 0.1) is 11.7 Å². The molecule has 0 saturated carbocycles. The summed E-state index contributed by atoms with van der Waals surface area (Å²) in [5.74, 6) is -0.584. The number of rotatable bonds is 6. The molecular formula is C19H21FN2O2. The van der Waals surface area contributed by atoms with Crippen LogP contribution in [0.3, 0.4) is 0 Å². The quantitative estimate of drug-likeness (QED) is 0.842. The number of hydrogen-bond donors (Lipinski definition) is 2. The Kier molecular flexibility index (Phi) is 6.07. The van der Waals surface area contributed by atoms with Gasteiger partial charge in [0.05, 0.1) is 0 Å². The van der Waals surface area contributed by atoms with E-state index in [9.17, 15) is 14.0 Å². The Morgan fingerprint density at radius 1 is 1.00 bits per heavy atom. The second-order valence-corrected chi connectivity index (χ2v) is 5.90. The van der Waals surface area contributed by atoms with Gasteiger partial charge in [-0.1, -0.05) is 26.0 Å². The van der Waals surface area contributed by atoms with Crippen molar-refractivity contribution in [1.29, 1.82) is 0 Å². The fraction of sp³-hybridized carbons (Fsp3) is 0.263. The molecule has 2 aromatic carbocycles. The van der Waals surface area contributed by atoms with E-state index in [4.69, 9.17) is 0 Å². The molecule has 0 bridgehead atoms. The van der Waals surface area contributed by atoms with Gasteiger partial charge in [-0.15, -0.1) is 0 Å². The van der Waals surface area contributed by atoms with E-state index < -0.39 is 0 Å². The van der Waals surface area contributed by atoms with Crippen LogP contribution in [0.15, 0.2) is 48.5 Å². The molecule has 126 valence electrons. The van der Waals surface area contributed by atoms with Gasteiger partial charge in [0, 0.05) is 23.7 Å². The Hall–Kier alpha value is -2.69. The predicted octanol–water partition coefficient (Wildman–Crippen LogP) is 3.99. The summed E-state index contributed by atoms with van der Waals surface area (Å²) in [6, 6.07) is 13.2. The monoisotopic (exact) mass is 328 g/mol. The Morgan fingerprint density at radius 2 is 1.62 bits per heavy atom. The Morgan fingerprint density at radius 3 is 2.21 bits per heavy atom. The molecule has 0 aliphatic carbocycles. The van der Waals surface area contributed by atoms with Crippen LogP contribution >= 0.6 is 0 Å². The smallest absolute Gasteiger partial charge is 0.226 e. The number of carbonyl (C=O) groups excluding carboxylic acids is 2. The minimum absolute atomic E-state index is 0.0538. The van der Waals surface area contributed by atoms with Crippen molar-refractivity contribution in [3.63, 3.8) is 0 Å². The van der Waals surface area contributed by atoms with Crippen LogP contribution in [0.1, 0.15) is 25.8 Å². The van der Waals surface area contributed by atoms with E-state index in [1.807, 2.05) is 13.8 Å². The highest BCUT2D eigenvalue weighted by Gasteiger charge is 2.07. The largest absolute Gasteiger partial charge is 0.326 e. The molecule has 0 heterocycles. The summed E-state index contributed by atoms with van der Waals surface area (Å²) in [7, 11) is 0. The zero-order chi connectivity index (χ0) is 17.5. The van der Waals surface area contributed by atoms with Gasteiger partial charge in [0.15, 0.2) is 0 Å². The van der Waals surface area contributed by atoms with Crippen molar-refractivity contribution >= 4 is 23.2 Å². The van der Waals surface area contributed by atoms with Crippen LogP contribution in [0.25, 0.3) is 0 Å². The molecule has 0 aliphatic heterocycles. The molecule has 2 amide bonds. The SMILES string of the molecule is CC(C)C(=O)Nc1ccc(NC(=O)CCc2cccc(F)c2)cc1. The lowest BCUT2D eigenvalue weighted by Crippen LogP contribution is -2.17. The maximum absolute atomic E-state index is 13.1. The van der Waals surface area contributed by atoms with Gasteiger partial charge in [-0.25, -0.2) is 4.39 Å². The highest BCUT2D eigenvalue weighted by molar-refractivity contribution is 5.93. The van der Waals surface area contributed by atoms with Gasteiger partial charge in [0.2, 0.25) is 11.8 Å². The van der Waals surface area contributed by atoms with Crippen LogP contribution < -0.4 is 10.6 Å². The molecule has 0 radical (unpaired) electrons. The minimum Gasteiger partial charge on any atom is -0.326 e. The van der Waals surface area contributed by atoms with Gasteiger partial charge in [0.1, 0.15) is 5.82 Å². The second-order valence-electron chi connectivity index (χ2n) is 5.90. The highest BCUT2D eigenvalue weighted by atomic mass is 19.1. The lowest BCUT2D eigenvalue weighted by Gasteiger charge is -2.09. The lowest BCUT2D eigenvalue weighted by molar-refractivity contribution is -0.119. The maximum Gasteiger partial charge on any atom is 0.226 e. The van der Waals surface area contributed by atoms with Crippen LogP contribution in [0.5, 0.6) is 0 Å². The van der Waals surface area contributed by atoms with Crippen LogP contribution in [-0.2, 0) is 16.0 Å². The van der Waals surface area contributed by atoms with E-state index in [0.717, 1.165) is 5.56 Å². The molecule has 0 saturated heterocycles. The standard InChI is InChI=1S/C19H21FN2O2/c1-13(2)19(24)22-17-9-7-16(8-10-17)21-18(23)11-6-14-4-3-5-15(20)12-14/h3-5,7-10,12-13H,6,11H2,1-2H3,(H,21,23)(H,22,24). The molecule has 2 N–H and O–H groups in total.